The molecule has 0 saturated carbocycles. The van der Waals surface area contributed by atoms with Crippen LogP contribution in [0.3, 0.4) is 0 Å². The number of rotatable bonds is 2. The van der Waals surface area contributed by atoms with Gasteiger partial charge in [-0.25, -0.2) is 9.69 Å². The van der Waals surface area contributed by atoms with Gasteiger partial charge in [0, 0.05) is 11.5 Å². The molecule has 7 nitrogen and oxygen atoms in total. The highest BCUT2D eigenvalue weighted by molar-refractivity contribution is 7.09. The van der Waals surface area contributed by atoms with Crippen LogP contribution in [0.2, 0.25) is 0 Å². The molecule has 8 heteroatoms. The van der Waals surface area contributed by atoms with E-state index in [1.807, 2.05) is 0 Å². The van der Waals surface area contributed by atoms with Crippen LogP contribution in [-0.2, 0) is 4.74 Å². The molecule has 0 aliphatic rings. The fourth-order valence-corrected chi connectivity index (χ4v) is 1.90. The molecule has 2 rings (SSSR count). The number of carbonyl (C=O) groups excluding carboxylic acids is 1. The van der Waals surface area contributed by atoms with Gasteiger partial charge in [0.1, 0.15) is 11.4 Å². The average Bonchev–Trinajstić information content (AvgIpc) is 2.83. The number of nitrogens with zero attached hydrogens (tertiary/aromatic N) is 4. The Labute approximate surface area is 120 Å². The molecule has 0 fully saturated rings. The molecule has 1 aromatic heterocycles. The minimum Gasteiger partial charge on any atom is -0.508 e. The molecule has 0 spiro atoms. The number of hydrogen-bond donors (Lipinski definition) is 1. The van der Waals surface area contributed by atoms with Crippen molar-refractivity contribution in [2.24, 2.45) is 0 Å². The van der Waals surface area contributed by atoms with Crippen molar-refractivity contribution in [2.75, 3.05) is 4.90 Å². The van der Waals surface area contributed by atoms with Gasteiger partial charge in [-0.15, -0.1) is 0 Å². The van der Waals surface area contributed by atoms with Crippen LogP contribution < -0.4 is 4.90 Å². The van der Waals surface area contributed by atoms with Gasteiger partial charge >= 0.3 is 6.09 Å². The second kappa shape index (κ2) is 5.41. The van der Waals surface area contributed by atoms with Crippen molar-refractivity contribution >= 4 is 28.4 Å². The van der Waals surface area contributed by atoms with E-state index in [0.717, 1.165) is 11.5 Å². The normalized spacial score (nSPS) is 11.2. The lowest BCUT2D eigenvalue weighted by Gasteiger charge is -2.25. The van der Waals surface area contributed by atoms with Crippen molar-refractivity contribution in [3.05, 3.63) is 24.3 Å². The molecule has 0 bridgehead atoms. The molecule has 1 amide bonds. The summed E-state index contributed by atoms with van der Waals surface area (Å²) in [5, 5.41) is 16.9. The third-order valence-electron chi connectivity index (χ3n) is 2.16. The number of aromatic nitrogens is 3. The average molecular weight is 294 g/mol. The molecule has 20 heavy (non-hydrogen) atoms. The summed E-state index contributed by atoms with van der Waals surface area (Å²) >= 11 is 0.975. The molecular weight excluding hydrogens is 280 g/mol. The molecule has 1 heterocycles. The first kappa shape index (κ1) is 14.2. The Morgan fingerprint density at radius 2 is 1.95 bits per heavy atom. The Hall–Kier alpha value is -2.22. The van der Waals surface area contributed by atoms with Gasteiger partial charge < -0.3 is 9.84 Å². The topological polar surface area (TPSA) is 88.4 Å². The van der Waals surface area contributed by atoms with Crippen LogP contribution in [0.25, 0.3) is 0 Å². The maximum atomic E-state index is 12.3. The molecule has 0 aliphatic heterocycles. The van der Waals surface area contributed by atoms with Gasteiger partial charge in [0.15, 0.2) is 0 Å². The molecule has 0 unspecified atom stereocenters. The van der Waals surface area contributed by atoms with E-state index in [-0.39, 0.29) is 5.75 Å². The molecule has 106 valence electrons. The minimum atomic E-state index is -0.635. The van der Waals surface area contributed by atoms with Gasteiger partial charge in [0.05, 0.1) is 5.69 Å². The summed E-state index contributed by atoms with van der Waals surface area (Å²) in [5.41, 5.74) is -0.125. The van der Waals surface area contributed by atoms with Crippen molar-refractivity contribution < 1.29 is 14.6 Å². The molecule has 0 radical (unpaired) electrons. The standard InChI is InChI=1S/C12H14N4O3S/c1-12(2,3)19-11(18)16(10-13-14-15-20-10)8-4-6-9(17)7-5-8/h4-7,17H,1-3H3. The van der Waals surface area contributed by atoms with Crippen LogP contribution in [0, 0.1) is 0 Å². The van der Waals surface area contributed by atoms with Gasteiger partial charge in [0.25, 0.3) is 0 Å². The number of phenolic OH excluding ortho intramolecular Hbond substituents is 1. The summed E-state index contributed by atoms with van der Waals surface area (Å²) in [5.74, 6) is 0.105. The molecule has 0 aliphatic carbocycles. The van der Waals surface area contributed by atoms with E-state index in [2.05, 4.69) is 14.8 Å². The van der Waals surface area contributed by atoms with E-state index in [9.17, 15) is 9.90 Å². The lowest BCUT2D eigenvalue weighted by Crippen LogP contribution is -2.33. The highest BCUT2D eigenvalue weighted by Gasteiger charge is 2.27. The maximum Gasteiger partial charge on any atom is 0.421 e. The first-order valence-corrected chi connectivity index (χ1v) is 6.61. The number of anilines is 2. The van der Waals surface area contributed by atoms with E-state index < -0.39 is 11.7 Å². The Balaban J connectivity index is 2.35. The molecule has 0 saturated heterocycles. The Bertz CT molecular complexity index is 578. The van der Waals surface area contributed by atoms with Crippen molar-refractivity contribution in [2.45, 2.75) is 26.4 Å². The van der Waals surface area contributed by atoms with Crippen LogP contribution >= 0.6 is 11.5 Å². The van der Waals surface area contributed by atoms with Gasteiger partial charge in [-0.2, -0.15) is 0 Å². The number of ether oxygens (including phenoxy) is 1. The van der Waals surface area contributed by atoms with E-state index in [4.69, 9.17) is 4.74 Å². The summed E-state index contributed by atoms with van der Waals surface area (Å²) in [7, 11) is 0. The third-order valence-corrected chi connectivity index (χ3v) is 2.75. The van der Waals surface area contributed by atoms with Gasteiger partial charge in [-0.1, -0.05) is 9.59 Å². The summed E-state index contributed by atoms with van der Waals surface area (Å²) in [4.78, 5) is 13.6. The fraction of sp³-hybridized carbons (Fsp3) is 0.333. The maximum absolute atomic E-state index is 12.3. The Morgan fingerprint density at radius 1 is 1.30 bits per heavy atom. The second-order valence-corrected chi connectivity index (χ2v) is 5.69. The predicted octanol–water partition coefficient (Wildman–Crippen LogP) is 2.71. The van der Waals surface area contributed by atoms with Crippen molar-refractivity contribution in [1.82, 2.24) is 14.8 Å². The van der Waals surface area contributed by atoms with Crippen LogP contribution in [0.15, 0.2) is 24.3 Å². The molecule has 1 aromatic carbocycles. The number of aromatic hydroxyl groups is 1. The molecule has 0 atom stereocenters. The zero-order chi connectivity index (χ0) is 14.8. The lowest BCUT2D eigenvalue weighted by molar-refractivity contribution is 0.0599. The summed E-state index contributed by atoms with van der Waals surface area (Å²) in [6, 6.07) is 6.11. The van der Waals surface area contributed by atoms with Crippen molar-refractivity contribution in [3.63, 3.8) is 0 Å². The minimum absolute atomic E-state index is 0.105. The smallest absolute Gasteiger partial charge is 0.421 e. The SMILES string of the molecule is CC(C)(C)OC(=O)N(c1ccc(O)cc1)c1nnns1. The summed E-state index contributed by atoms with van der Waals surface area (Å²) < 4.78 is 8.99. The van der Waals surface area contributed by atoms with Crippen LogP contribution in [0.4, 0.5) is 15.6 Å². The quantitative estimate of drug-likeness (QED) is 0.916. The molecule has 2 aromatic rings. The van der Waals surface area contributed by atoms with Crippen LogP contribution in [0.5, 0.6) is 5.75 Å². The van der Waals surface area contributed by atoms with Crippen molar-refractivity contribution in [3.8, 4) is 5.75 Å². The zero-order valence-electron chi connectivity index (χ0n) is 11.3. The summed E-state index contributed by atoms with van der Waals surface area (Å²) in [6.45, 7) is 5.33. The fourth-order valence-electron chi connectivity index (χ4n) is 1.42. The lowest BCUT2D eigenvalue weighted by atomic mass is 10.2. The van der Waals surface area contributed by atoms with Crippen LogP contribution in [-0.4, -0.2) is 31.6 Å². The van der Waals surface area contributed by atoms with Gasteiger partial charge in [-0.3, -0.25) is 0 Å². The number of amides is 1. The highest BCUT2D eigenvalue weighted by atomic mass is 32.1. The van der Waals surface area contributed by atoms with E-state index >= 15 is 0 Å². The highest BCUT2D eigenvalue weighted by Crippen LogP contribution is 2.28. The zero-order valence-corrected chi connectivity index (χ0v) is 12.1. The second-order valence-electron chi connectivity index (χ2n) is 4.98. The van der Waals surface area contributed by atoms with E-state index in [1.165, 1.54) is 17.0 Å². The van der Waals surface area contributed by atoms with Crippen LogP contribution in [0.1, 0.15) is 20.8 Å². The number of phenols is 1. The monoisotopic (exact) mass is 294 g/mol. The predicted molar refractivity (Wildman–Crippen MR) is 74.2 cm³/mol. The molecular formula is C12H14N4O3S. The third kappa shape index (κ3) is 3.41. The first-order chi connectivity index (χ1) is 9.37. The van der Waals surface area contributed by atoms with Gasteiger partial charge in [0.2, 0.25) is 5.13 Å². The van der Waals surface area contributed by atoms with Gasteiger partial charge in [-0.05, 0) is 50.3 Å². The van der Waals surface area contributed by atoms with E-state index in [1.54, 1.807) is 32.9 Å². The Kier molecular flexibility index (Phi) is 3.84. The number of hydrogen-bond acceptors (Lipinski definition) is 7. The largest absolute Gasteiger partial charge is 0.508 e. The Morgan fingerprint density at radius 3 is 2.45 bits per heavy atom. The molecule has 1 N–H and O–H groups in total. The summed E-state index contributed by atoms with van der Waals surface area (Å²) in [6.07, 6.45) is -0.582. The van der Waals surface area contributed by atoms with Crippen molar-refractivity contribution in [1.29, 1.82) is 0 Å². The first-order valence-electron chi connectivity index (χ1n) is 5.84. The number of benzene rings is 1. The van der Waals surface area contributed by atoms with E-state index in [0.29, 0.717) is 10.8 Å². The number of carbonyl (C=O) groups is 1.